The molecule has 0 amide bonds. The minimum absolute atomic E-state index is 0.299. The summed E-state index contributed by atoms with van der Waals surface area (Å²) in [6.07, 6.45) is 2.14. The van der Waals surface area contributed by atoms with Crippen molar-refractivity contribution in [2.45, 2.75) is 37.6 Å². The van der Waals surface area contributed by atoms with E-state index in [2.05, 4.69) is 36.5 Å². The number of hydrogen-bond donors (Lipinski definition) is 2. The molecule has 96 valence electrons. The van der Waals surface area contributed by atoms with E-state index in [9.17, 15) is 0 Å². The summed E-state index contributed by atoms with van der Waals surface area (Å²) in [7, 11) is 0. The molecule has 0 aliphatic heterocycles. The molecule has 17 heavy (non-hydrogen) atoms. The number of thioether (sulfide) groups is 1. The number of nitrogens with two attached hydrogens (primary N) is 1. The van der Waals surface area contributed by atoms with E-state index in [-0.39, 0.29) is 0 Å². The largest absolute Gasteiger partial charge is 0.328 e. The van der Waals surface area contributed by atoms with Crippen LogP contribution in [-0.2, 0) is 6.42 Å². The monoisotopic (exact) mass is 252 g/mol. The Hall–Kier alpha value is -0.510. The second-order valence-electron chi connectivity index (χ2n) is 4.34. The van der Waals surface area contributed by atoms with Crippen LogP contribution in [0.1, 0.15) is 25.8 Å². The molecular weight excluding hydrogens is 228 g/mol. The van der Waals surface area contributed by atoms with Gasteiger partial charge in [0.25, 0.3) is 0 Å². The second-order valence-corrected chi connectivity index (χ2v) is 5.68. The van der Waals surface area contributed by atoms with Crippen molar-refractivity contribution in [3.8, 4) is 0 Å². The number of benzene rings is 1. The Labute approximate surface area is 109 Å². The summed E-state index contributed by atoms with van der Waals surface area (Å²) in [5.41, 5.74) is 7.09. The van der Waals surface area contributed by atoms with Crippen LogP contribution in [-0.4, -0.2) is 24.9 Å². The van der Waals surface area contributed by atoms with E-state index in [1.54, 1.807) is 0 Å². The molecule has 3 N–H and O–H groups in total. The van der Waals surface area contributed by atoms with Crippen LogP contribution in [0.5, 0.6) is 0 Å². The summed E-state index contributed by atoms with van der Waals surface area (Å²) in [6, 6.07) is 9.18. The molecule has 0 spiro atoms. The molecular formula is C14H24N2S. The van der Waals surface area contributed by atoms with Gasteiger partial charge in [-0.15, -0.1) is 11.8 Å². The number of rotatable bonds is 8. The molecule has 1 rings (SSSR count). The summed E-state index contributed by atoms with van der Waals surface area (Å²) in [6.45, 7) is 6.28. The maximum atomic E-state index is 5.69. The SMILES string of the molecule is CCSc1ccc(CCNCCC(C)N)cc1. The fourth-order valence-electron chi connectivity index (χ4n) is 1.61. The van der Waals surface area contributed by atoms with Crippen LogP contribution in [0, 0.1) is 0 Å². The van der Waals surface area contributed by atoms with Crippen LogP contribution in [0.15, 0.2) is 29.2 Å². The van der Waals surface area contributed by atoms with Gasteiger partial charge < -0.3 is 11.1 Å². The first-order valence-electron chi connectivity index (χ1n) is 6.40. The van der Waals surface area contributed by atoms with Crippen LogP contribution in [0.2, 0.25) is 0 Å². The van der Waals surface area contributed by atoms with E-state index in [0.29, 0.717) is 6.04 Å². The van der Waals surface area contributed by atoms with Crippen LogP contribution >= 0.6 is 11.8 Å². The van der Waals surface area contributed by atoms with Gasteiger partial charge in [-0.1, -0.05) is 19.1 Å². The van der Waals surface area contributed by atoms with Gasteiger partial charge in [-0.05, 0) is 56.3 Å². The summed E-state index contributed by atoms with van der Waals surface area (Å²) >= 11 is 1.89. The van der Waals surface area contributed by atoms with E-state index in [0.717, 1.165) is 31.7 Å². The number of hydrogen-bond acceptors (Lipinski definition) is 3. The Morgan fingerprint density at radius 3 is 2.53 bits per heavy atom. The van der Waals surface area contributed by atoms with Crippen molar-refractivity contribution in [3.05, 3.63) is 29.8 Å². The summed E-state index contributed by atoms with van der Waals surface area (Å²) in [5, 5.41) is 3.42. The summed E-state index contributed by atoms with van der Waals surface area (Å²) in [4.78, 5) is 1.36. The molecule has 0 heterocycles. The molecule has 1 atom stereocenters. The molecule has 0 aromatic heterocycles. The molecule has 2 nitrogen and oxygen atoms in total. The molecule has 3 heteroatoms. The first-order valence-corrected chi connectivity index (χ1v) is 7.39. The third-order valence-corrected chi connectivity index (χ3v) is 3.50. The second kappa shape index (κ2) is 8.56. The molecule has 0 radical (unpaired) electrons. The first kappa shape index (κ1) is 14.6. The molecule has 0 aliphatic carbocycles. The lowest BCUT2D eigenvalue weighted by molar-refractivity contribution is 0.590. The van der Waals surface area contributed by atoms with Crippen LogP contribution in [0.4, 0.5) is 0 Å². The van der Waals surface area contributed by atoms with Gasteiger partial charge in [-0.3, -0.25) is 0 Å². The van der Waals surface area contributed by atoms with E-state index in [1.165, 1.54) is 10.5 Å². The number of nitrogens with one attached hydrogen (secondary N) is 1. The highest BCUT2D eigenvalue weighted by Gasteiger charge is 1.96. The van der Waals surface area contributed by atoms with E-state index < -0.39 is 0 Å². The van der Waals surface area contributed by atoms with Crippen molar-refractivity contribution in [1.29, 1.82) is 0 Å². The Morgan fingerprint density at radius 1 is 1.24 bits per heavy atom. The molecule has 1 aromatic carbocycles. The molecule has 0 saturated heterocycles. The van der Waals surface area contributed by atoms with Crippen molar-refractivity contribution < 1.29 is 0 Å². The molecule has 1 unspecified atom stereocenters. The highest BCUT2D eigenvalue weighted by atomic mass is 32.2. The average molecular weight is 252 g/mol. The maximum Gasteiger partial charge on any atom is 0.00720 e. The third kappa shape index (κ3) is 6.71. The van der Waals surface area contributed by atoms with Gasteiger partial charge in [0.2, 0.25) is 0 Å². The van der Waals surface area contributed by atoms with Gasteiger partial charge >= 0.3 is 0 Å². The molecule has 0 aliphatic rings. The topological polar surface area (TPSA) is 38.0 Å². The zero-order chi connectivity index (χ0) is 12.5. The third-order valence-electron chi connectivity index (χ3n) is 2.60. The Kier molecular flexibility index (Phi) is 7.33. The van der Waals surface area contributed by atoms with Crippen molar-refractivity contribution in [1.82, 2.24) is 5.32 Å². The predicted molar refractivity (Wildman–Crippen MR) is 77.7 cm³/mol. The zero-order valence-electron chi connectivity index (χ0n) is 10.9. The zero-order valence-corrected chi connectivity index (χ0v) is 11.7. The lowest BCUT2D eigenvalue weighted by Crippen LogP contribution is -2.25. The minimum atomic E-state index is 0.299. The minimum Gasteiger partial charge on any atom is -0.328 e. The molecule has 1 aromatic rings. The van der Waals surface area contributed by atoms with Gasteiger partial charge in [-0.25, -0.2) is 0 Å². The summed E-state index contributed by atoms with van der Waals surface area (Å²) < 4.78 is 0. The van der Waals surface area contributed by atoms with Crippen molar-refractivity contribution in [2.24, 2.45) is 5.73 Å². The predicted octanol–water partition coefficient (Wildman–Crippen LogP) is 2.67. The standard InChI is InChI=1S/C14H24N2S/c1-3-17-14-6-4-13(5-7-14)9-11-16-10-8-12(2)15/h4-7,12,16H,3,8-11,15H2,1-2H3. The Morgan fingerprint density at radius 2 is 1.94 bits per heavy atom. The van der Waals surface area contributed by atoms with E-state index >= 15 is 0 Å². The quantitative estimate of drug-likeness (QED) is 0.552. The van der Waals surface area contributed by atoms with E-state index in [1.807, 2.05) is 18.7 Å². The Bertz CT molecular complexity index is 296. The maximum absolute atomic E-state index is 5.69. The smallest absolute Gasteiger partial charge is 0.00720 e. The molecule has 0 saturated carbocycles. The van der Waals surface area contributed by atoms with Gasteiger partial charge in [-0.2, -0.15) is 0 Å². The first-order chi connectivity index (χ1) is 8.22. The summed E-state index contributed by atoms with van der Waals surface area (Å²) in [5.74, 6) is 1.14. The highest BCUT2D eigenvalue weighted by Crippen LogP contribution is 2.17. The Balaban J connectivity index is 2.18. The van der Waals surface area contributed by atoms with Crippen LogP contribution in [0.3, 0.4) is 0 Å². The molecule has 0 bridgehead atoms. The van der Waals surface area contributed by atoms with Gasteiger partial charge in [0.15, 0.2) is 0 Å². The van der Waals surface area contributed by atoms with Crippen LogP contribution in [0.25, 0.3) is 0 Å². The van der Waals surface area contributed by atoms with Crippen molar-refractivity contribution >= 4 is 11.8 Å². The average Bonchev–Trinajstić information content (AvgIpc) is 2.31. The highest BCUT2D eigenvalue weighted by molar-refractivity contribution is 7.99. The van der Waals surface area contributed by atoms with Gasteiger partial charge in [0.05, 0.1) is 0 Å². The van der Waals surface area contributed by atoms with E-state index in [4.69, 9.17) is 5.73 Å². The van der Waals surface area contributed by atoms with Gasteiger partial charge in [0, 0.05) is 10.9 Å². The lowest BCUT2D eigenvalue weighted by Gasteiger charge is -2.07. The van der Waals surface area contributed by atoms with Crippen LogP contribution < -0.4 is 11.1 Å². The normalized spacial score (nSPS) is 12.6. The lowest BCUT2D eigenvalue weighted by atomic mass is 10.1. The fourth-order valence-corrected chi connectivity index (χ4v) is 2.27. The van der Waals surface area contributed by atoms with Crippen molar-refractivity contribution in [3.63, 3.8) is 0 Å². The van der Waals surface area contributed by atoms with Gasteiger partial charge in [0.1, 0.15) is 0 Å². The fraction of sp³-hybridized carbons (Fsp3) is 0.571. The molecule has 0 fully saturated rings. The van der Waals surface area contributed by atoms with Crippen molar-refractivity contribution in [2.75, 3.05) is 18.8 Å².